The van der Waals surface area contributed by atoms with Crippen LogP contribution in [-0.2, 0) is 4.79 Å². The lowest BCUT2D eigenvalue weighted by Gasteiger charge is -2.15. The fourth-order valence-corrected chi connectivity index (χ4v) is 2.02. The highest BCUT2D eigenvalue weighted by atomic mass is 16.5. The molecule has 0 saturated carbocycles. The van der Waals surface area contributed by atoms with Crippen LogP contribution in [0.1, 0.15) is 13.8 Å². The molecule has 2 aromatic carbocycles. The zero-order chi connectivity index (χ0) is 15.2. The Morgan fingerprint density at radius 2 is 1.90 bits per heavy atom. The first-order chi connectivity index (χ1) is 10.1. The predicted octanol–water partition coefficient (Wildman–Crippen LogP) is 2.32. The third kappa shape index (κ3) is 4.20. The topological polar surface area (TPSA) is 64.4 Å². The van der Waals surface area contributed by atoms with Gasteiger partial charge in [0.05, 0.1) is 12.6 Å². The van der Waals surface area contributed by atoms with Gasteiger partial charge in [0.2, 0.25) is 5.91 Å². The Labute approximate surface area is 125 Å². The minimum Gasteiger partial charge on any atom is -0.492 e. The number of benzene rings is 2. The van der Waals surface area contributed by atoms with Gasteiger partial charge >= 0.3 is 0 Å². The normalized spacial score (nSPS) is 12.4. The van der Waals surface area contributed by atoms with Crippen LogP contribution in [0.2, 0.25) is 0 Å². The van der Waals surface area contributed by atoms with Crippen LogP contribution in [0.4, 0.5) is 0 Å². The second kappa shape index (κ2) is 7.09. The molecule has 0 bridgehead atoms. The van der Waals surface area contributed by atoms with Crippen molar-refractivity contribution in [3.05, 3.63) is 42.5 Å². The molecule has 0 aromatic heterocycles. The average Bonchev–Trinajstić information content (AvgIpc) is 2.50. The number of amides is 1. The Kier molecular flexibility index (Phi) is 5.17. The zero-order valence-electron chi connectivity index (χ0n) is 12.5. The van der Waals surface area contributed by atoms with Gasteiger partial charge in [-0.1, -0.05) is 44.2 Å². The molecular formula is C17H22N2O2. The Morgan fingerprint density at radius 1 is 1.19 bits per heavy atom. The molecule has 1 amide bonds. The monoisotopic (exact) mass is 286 g/mol. The molecule has 4 nitrogen and oxygen atoms in total. The molecule has 2 aromatic rings. The van der Waals surface area contributed by atoms with E-state index >= 15 is 0 Å². The number of hydrogen-bond donors (Lipinski definition) is 2. The van der Waals surface area contributed by atoms with Gasteiger partial charge in [-0.15, -0.1) is 0 Å². The van der Waals surface area contributed by atoms with E-state index in [1.807, 2.05) is 50.2 Å². The van der Waals surface area contributed by atoms with E-state index in [0.717, 1.165) is 11.1 Å². The second-order valence-corrected chi connectivity index (χ2v) is 5.42. The summed E-state index contributed by atoms with van der Waals surface area (Å²) in [6, 6.07) is 13.6. The van der Waals surface area contributed by atoms with Crippen LogP contribution in [-0.4, -0.2) is 25.1 Å². The van der Waals surface area contributed by atoms with Crippen LogP contribution in [0.15, 0.2) is 42.5 Å². The number of rotatable bonds is 6. The van der Waals surface area contributed by atoms with Crippen LogP contribution in [0.5, 0.6) is 5.75 Å². The predicted molar refractivity (Wildman–Crippen MR) is 85.3 cm³/mol. The third-order valence-corrected chi connectivity index (χ3v) is 3.41. The number of ether oxygens (including phenoxy) is 1. The van der Waals surface area contributed by atoms with E-state index in [1.165, 1.54) is 5.39 Å². The van der Waals surface area contributed by atoms with E-state index in [1.54, 1.807) is 0 Å². The summed E-state index contributed by atoms with van der Waals surface area (Å²) in [4.78, 5) is 11.7. The van der Waals surface area contributed by atoms with E-state index < -0.39 is 6.04 Å². The Bertz CT molecular complexity index is 611. The van der Waals surface area contributed by atoms with E-state index in [-0.39, 0.29) is 11.8 Å². The Morgan fingerprint density at radius 3 is 2.62 bits per heavy atom. The lowest BCUT2D eigenvalue weighted by Crippen LogP contribution is -2.45. The smallest absolute Gasteiger partial charge is 0.237 e. The van der Waals surface area contributed by atoms with E-state index in [9.17, 15) is 4.79 Å². The standard InChI is InChI=1S/C17H22N2O2/c1-12(2)16(18)17(20)19-9-10-21-15-8-7-13-5-3-4-6-14(13)11-15/h3-8,11-12,16H,9-10,18H2,1-2H3,(H,19,20)/t16-/m0/s1. The summed E-state index contributed by atoms with van der Waals surface area (Å²) in [6.45, 7) is 4.73. The SMILES string of the molecule is CC(C)[C@H](N)C(=O)NCCOc1ccc2ccccc2c1. The molecule has 0 aliphatic carbocycles. The van der Waals surface area contributed by atoms with E-state index in [0.29, 0.717) is 13.2 Å². The summed E-state index contributed by atoms with van der Waals surface area (Å²) in [5.74, 6) is 0.801. The highest BCUT2D eigenvalue weighted by Gasteiger charge is 2.16. The molecule has 2 rings (SSSR count). The third-order valence-electron chi connectivity index (χ3n) is 3.41. The van der Waals surface area contributed by atoms with Gasteiger partial charge in [-0.2, -0.15) is 0 Å². The number of nitrogens with one attached hydrogen (secondary N) is 1. The summed E-state index contributed by atoms with van der Waals surface area (Å²) >= 11 is 0. The van der Waals surface area contributed by atoms with Crippen molar-refractivity contribution < 1.29 is 9.53 Å². The van der Waals surface area contributed by atoms with Crippen LogP contribution in [0.3, 0.4) is 0 Å². The molecule has 21 heavy (non-hydrogen) atoms. The lowest BCUT2D eigenvalue weighted by atomic mass is 10.1. The maximum atomic E-state index is 11.7. The molecule has 0 spiro atoms. The van der Waals surface area contributed by atoms with Gasteiger partial charge in [0, 0.05) is 0 Å². The fourth-order valence-electron chi connectivity index (χ4n) is 2.02. The summed E-state index contributed by atoms with van der Waals surface area (Å²) in [5.41, 5.74) is 5.76. The highest BCUT2D eigenvalue weighted by molar-refractivity contribution is 5.83. The molecule has 0 heterocycles. The molecule has 0 unspecified atom stereocenters. The molecule has 0 aliphatic heterocycles. The number of carbonyl (C=O) groups is 1. The van der Waals surface area contributed by atoms with Crippen LogP contribution in [0.25, 0.3) is 10.8 Å². The van der Waals surface area contributed by atoms with Crippen LogP contribution in [0, 0.1) is 5.92 Å². The minimum atomic E-state index is -0.467. The van der Waals surface area contributed by atoms with Crippen molar-refractivity contribution in [1.29, 1.82) is 0 Å². The molecule has 0 saturated heterocycles. The summed E-state index contributed by atoms with van der Waals surface area (Å²) in [5, 5.41) is 5.10. The number of carbonyl (C=O) groups excluding carboxylic acids is 1. The second-order valence-electron chi connectivity index (χ2n) is 5.42. The molecule has 4 heteroatoms. The summed E-state index contributed by atoms with van der Waals surface area (Å²) in [7, 11) is 0. The zero-order valence-corrected chi connectivity index (χ0v) is 12.5. The summed E-state index contributed by atoms with van der Waals surface area (Å²) in [6.07, 6.45) is 0. The van der Waals surface area contributed by atoms with Crippen molar-refractivity contribution in [2.75, 3.05) is 13.2 Å². The summed E-state index contributed by atoms with van der Waals surface area (Å²) < 4.78 is 5.65. The average molecular weight is 286 g/mol. The van der Waals surface area contributed by atoms with Gasteiger partial charge in [0.25, 0.3) is 0 Å². The van der Waals surface area contributed by atoms with E-state index in [2.05, 4.69) is 11.4 Å². The van der Waals surface area contributed by atoms with Gasteiger partial charge in [-0.05, 0) is 28.8 Å². The largest absolute Gasteiger partial charge is 0.492 e. The van der Waals surface area contributed by atoms with Gasteiger partial charge < -0.3 is 15.8 Å². The first-order valence-electron chi connectivity index (χ1n) is 7.23. The Hall–Kier alpha value is -2.07. The number of fused-ring (bicyclic) bond motifs is 1. The van der Waals surface area contributed by atoms with Crippen molar-refractivity contribution in [2.24, 2.45) is 11.7 Å². The molecule has 0 aliphatic rings. The number of nitrogens with two attached hydrogens (primary N) is 1. The minimum absolute atomic E-state index is 0.131. The first-order valence-corrected chi connectivity index (χ1v) is 7.23. The number of hydrogen-bond acceptors (Lipinski definition) is 3. The molecule has 0 radical (unpaired) electrons. The van der Waals surface area contributed by atoms with Crippen LogP contribution >= 0.6 is 0 Å². The Balaban J connectivity index is 1.81. The van der Waals surface area contributed by atoms with Crippen molar-refractivity contribution in [1.82, 2.24) is 5.32 Å². The quantitative estimate of drug-likeness (QED) is 0.801. The van der Waals surface area contributed by atoms with Crippen molar-refractivity contribution in [3.8, 4) is 5.75 Å². The van der Waals surface area contributed by atoms with Crippen LogP contribution < -0.4 is 15.8 Å². The van der Waals surface area contributed by atoms with Crippen molar-refractivity contribution in [2.45, 2.75) is 19.9 Å². The van der Waals surface area contributed by atoms with Crippen molar-refractivity contribution >= 4 is 16.7 Å². The first kappa shape index (κ1) is 15.3. The molecular weight excluding hydrogens is 264 g/mol. The van der Waals surface area contributed by atoms with Gasteiger partial charge in [-0.3, -0.25) is 4.79 Å². The maximum Gasteiger partial charge on any atom is 0.237 e. The highest BCUT2D eigenvalue weighted by Crippen LogP contribution is 2.20. The van der Waals surface area contributed by atoms with E-state index in [4.69, 9.17) is 10.5 Å². The van der Waals surface area contributed by atoms with Gasteiger partial charge in [0.15, 0.2) is 0 Å². The molecule has 1 atom stereocenters. The fraction of sp³-hybridized carbons (Fsp3) is 0.353. The lowest BCUT2D eigenvalue weighted by molar-refractivity contribution is -0.123. The van der Waals surface area contributed by atoms with Crippen molar-refractivity contribution in [3.63, 3.8) is 0 Å². The van der Waals surface area contributed by atoms with Gasteiger partial charge in [0.1, 0.15) is 12.4 Å². The molecule has 3 N–H and O–H groups in total. The van der Waals surface area contributed by atoms with Gasteiger partial charge in [-0.25, -0.2) is 0 Å². The maximum absolute atomic E-state index is 11.7. The molecule has 0 fully saturated rings. The molecule has 112 valence electrons.